The molecule has 0 spiro atoms. The highest BCUT2D eigenvalue weighted by atomic mass is 35.5. The molecule has 2 aromatic rings. The van der Waals surface area contributed by atoms with E-state index in [9.17, 15) is 17.6 Å². The SMILES string of the molecule is C[C@H](NC(=O)CN(c1cc(Cl)c(Cl)cc1Cl)S(C)(=O)=O)c1ccc(F)cc1. The molecule has 2 aromatic carbocycles. The van der Waals surface area contributed by atoms with Gasteiger partial charge in [0.15, 0.2) is 0 Å². The third-order valence-corrected chi connectivity index (χ3v) is 5.84. The van der Waals surface area contributed by atoms with Crippen LogP contribution in [0, 0.1) is 5.82 Å². The number of nitrogens with one attached hydrogen (secondary N) is 1. The number of hydrogen-bond acceptors (Lipinski definition) is 3. The molecule has 1 amide bonds. The predicted octanol–water partition coefficient (Wildman–Crippen LogP) is 4.43. The number of amides is 1. The fourth-order valence-electron chi connectivity index (χ4n) is 2.34. The van der Waals surface area contributed by atoms with Crippen LogP contribution in [0.2, 0.25) is 15.1 Å². The summed E-state index contributed by atoms with van der Waals surface area (Å²) >= 11 is 17.9. The van der Waals surface area contributed by atoms with Gasteiger partial charge in [0.2, 0.25) is 15.9 Å². The number of sulfonamides is 1. The van der Waals surface area contributed by atoms with Crippen molar-refractivity contribution >= 4 is 56.4 Å². The standard InChI is InChI=1S/C17H16Cl3FN2O3S/c1-10(11-3-5-12(21)6-4-11)22-17(24)9-23(27(2,25)26)16-8-14(19)13(18)7-15(16)20/h3-8,10H,9H2,1-2H3,(H,22,24)/t10-/m0/s1. The lowest BCUT2D eigenvalue weighted by atomic mass is 10.1. The average Bonchev–Trinajstić information content (AvgIpc) is 2.56. The Bertz CT molecular complexity index is 953. The molecule has 0 heterocycles. The van der Waals surface area contributed by atoms with Crippen molar-refractivity contribution in [3.05, 3.63) is 62.8 Å². The minimum Gasteiger partial charge on any atom is -0.348 e. The molecular formula is C17H16Cl3FN2O3S. The largest absolute Gasteiger partial charge is 0.348 e. The molecule has 10 heteroatoms. The Morgan fingerprint density at radius 3 is 2.22 bits per heavy atom. The molecule has 0 aromatic heterocycles. The van der Waals surface area contributed by atoms with Crippen molar-refractivity contribution in [3.8, 4) is 0 Å². The summed E-state index contributed by atoms with van der Waals surface area (Å²) in [5.74, 6) is -0.964. The number of halogens is 4. The number of hydrogen-bond donors (Lipinski definition) is 1. The van der Waals surface area contributed by atoms with E-state index in [1.54, 1.807) is 6.92 Å². The van der Waals surface area contributed by atoms with Gasteiger partial charge >= 0.3 is 0 Å². The van der Waals surface area contributed by atoms with Crippen LogP contribution in [-0.2, 0) is 14.8 Å². The van der Waals surface area contributed by atoms with Gasteiger partial charge in [-0.2, -0.15) is 0 Å². The molecule has 0 aliphatic rings. The summed E-state index contributed by atoms with van der Waals surface area (Å²) in [5.41, 5.74) is 0.710. The third kappa shape index (κ3) is 5.72. The van der Waals surface area contributed by atoms with Gasteiger partial charge in [-0.15, -0.1) is 0 Å². The first-order valence-electron chi connectivity index (χ1n) is 7.66. The van der Waals surface area contributed by atoms with Gasteiger partial charge in [0.25, 0.3) is 0 Å². The number of benzene rings is 2. The Labute approximate surface area is 172 Å². The van der Waals surface area contributed by atoms with Gasteiger partial charge in [0.05, 0.1) is 33.1 Å². The topological polar surface area (TPSA) is 66.5 Å². The van der Waals surface area contributed by atoms with Crippen LogP contribution >= 0.6 is 34.8 Å². The van der Waals surface area contributed by atoms with Crippen LogP contribution in [0.1, 0.15) is 18.5 Å². The summed E-state index contributed by atoms with van der Waals surface area (Å²) in [6, 6.07) is 7.74. The molecule has 1 atom stereocenters. The Kier molecular flexibility index (Phi) is 6.97. The van der Waals surface area contributed by atoms with Crippen molar-refractivity contribution in [3.63, 3.8) is 0 Å². The van der Waals surface area contributed by atoms with Gasteiger partial charge in [-0.25, -0.2) is 12.8 Å². The second kappa shape index (κ2) is 8.65. The van der Waals surface area contributed by atoms with Gasteiger partial charge in [0, 0.05) is 0 Å². The molecule has 0 bridgehead atoms. The molecule has 0 saturated heterocycles. The predicted molar refractivity (Wildman–Crippen MR) is 107 cm³/mol. The third-order valence-electron chi connectivity index (χ3n) is 3.69. The lowest BCUT2D eigenvalue weighted by molar-refractivity contribution is -0.120. The molecule has 2 rings (SSSR count). The quantitative estimate of drug-likeness (QED) is 0.658. The van der Waals surface area contributed by atoms with Gasteiger partial charge in [-0.05, 0) is 36.8 Å². The Balaban J connectivity index is 2.23. The summed E-state index contributed by atoms with van der Waals surface area (Å²) in [6.45, 7) is 1.18. The van der Waals surface area contributed by atoms with Crippen LogP contribution in [0.25, 0.3) is 0 Å². The van der Waals surface area contributed by atoms with Crippen LogP contribution in [-0.4, -0.2) is 27.1 Å². The minimum atomic E-state index is -3.83. The van der Waals surface area contributed by atoms with Crippen LogP contribution in [0.15, 0.2) is 36.4 Å². The lowest BCUT2D eigenvalue weighted by Gasteiger charge is -2.24. The summed E-state index contributed by atoms with van der Waals surface area (Å²) in [5, 5.41) is 2.96. The van der Waals surface area contributed by atoms with Crippen molar-refractivity contribution in [2.75, 3.05) is 17.1 Å². The van der Waals surface area contributed by atoms with E-state index in [-0.39, 0.29) is 20.8 Å². The molecule has 5 nitrogen and oxygen atoms in total. The van der Waals surface area contributed by atoms with Crippen molar-refractivity contribution in [2.45, 2.75) is 13.0 Å². The molecule has 0 aliphatic carbocycles. The molecule has 1 N–H and O–H groups in total. The van der Waals surface area contributed by atoms with E-state index >= 15 is 0 Å². The Morgan fingerprint density at radius 1 is 1.11 bits per heavy atom. The smallest absolute Gasteiger partial charge is 0.241 e. The minimum absolute atomic E-state index is 0.0363. The highest BCUT2D eigenvalue weighted by Gasteiger charge is 2.25. The van der Waals surface area contributed by atoms with Crippen molar-refractivity contribution in [1.29, 1.82) is 0 Å². The maximum atomic E-state index is 13.0. The zero-order valence-electron chi connectivity index (χ0n) is 14.3. The van der Waals surface area contributed by atoms with E-state index in [0.29, 0.717) is 5.56 Å². The van der Waals surface area contributed by atoms with Crippen LogP contribution < -0.4 is 9.62 Å². The van der Waals surface area contributed by atoms with E-state index < -0.39 is 34.3 Å². The maximum absolute atomic E-state index is 13.0. The first-order chi connectivity index (χ1) is 12.5. The number of rotatable bonds is 6. The van der Waals surface area contributed by atoms with Crippen molar-refractivity contribution < 1.29 is 17.6 Å². The van der Waals surface area contributed by atoms with Crippen LogP contribution in [0.4, 0.5) is 10.1 Å². The highest BCUT2D eigenvalue weighted by Crippen LogP contribution is 2.35. The van der Waals surface area contributed by atoms with E-state index in [0.717, 1.165) is 10.6 Å². The zero-order chi connectivity index (χ0) is 20.4. The summed E-state index contributed by atoms with van der Waals surface area (Å²) < 4.78 is 38.2. The first-order valence-corrected chi connectivity index (χ1v) is 10.6. The van der Waals surface area contributed by atoms with E-state index in [4.69, 9.17) is 34.8 Å². The van der Waals surface area contributed by atoms with Crippen molar-refractivity contribution in [1.82, 2.24) is 5.32 Å². The van der Waals surface area contributed by atoms with E-state index in [2.05, 4.69) is 5.32 Å². The zero-order valence-corrected chi connectivity index (χ0v) is 17.4. The summed E-state index contributed by atoms with van der Waals surface area (Å²) in [4.78, 5) is 12.4. The number of carbonyl (C=O) groups excluding carboxylic acids is 1. The fourth-order valence-corrected chi connectivity index (χ4v) is 3.89. The summed E-state index contributed by atoms with van der Waals surface area (Å²) in [7, 11) is -3.83. The van der Waals surface area contributed by atoms with E-state index in [1.165, 1.54) is 36.4 Å². The van der Waals surface area contributed by atoms with Crippen molar-refractivity contribution in [2.24, 2.45) is 0 Å². The van der Waals surface area contributed by atoms with E-state index in [1.807, 2.05) is 0 Å². The summed E-state index contributed by atoms with van der Waals surface area (Å²) in [6.07, 6.45) is 0.947. The highest BCUT2D eigenvalue weighted by molar-refractivity contribution is 7.92. The van der Waals surface area contributed by atoms with Crippen LogP contribution in [0.3, 0.4) is 0 Å². The second-order valence-corrected chi connectivity index (χ2v) is 8.96. The van der Waals surface area contributed by atoms with Gasteiger partial charge in [-0.3, -0.25) is 9.10 Å². The van der Waals surface area contributed by atoms with Gasteiger partial charge in [-0.1, -0.05) is 46.9 Å². The normalized spacial score (nSPS) is 12.5. The Morgan fingerprint density at radius 2 is 1.67 bits per heavy atom. The molecule has 0 aliphatic heterocycles. The van der Waals surface area contributed by atoms with Gasteiger partial charge < -0.3 is 5.32 Å². The molecule has 0 unspecified atom stereocenters. The fraction of sp³-hybridized carbons (Fsp3) is 0.235. The Hall–Kier alpha value is -1.54. The number of nitrogens with zero attached hydrogens (tertiary/aromatic N) is 1. The molecule has 0 radical (unpaired) electrons. The second-order valence-electron chi connectivity index (χ2n) is 5.83. The monoisotopic (exact) mass is 452 g/mol. The molecule has 146 valence electrons. The number of anilines is 1. The lowest BCUT2D eigenvalue weighted by Crippen LogP contribution is -2.41. The van der Waals surface area contributed by atoms with Crippen LogP contribution in [0.5, 0.6) is 0 Å². The maximum Gasteiger partial charge on any atom is 0.241 e. The first kappa shape index (κ1) is 21.8. The molecule has 0 saturated carbocycles. The number of carbonyl (C=O) groups is 1. The molecular weight excluding hydrogens is 438 g/mol. The average molecular weight is 454 g/mol. The molecule has 0 fully saturated rings. The van der Waals surface area contributed by atoms with Gasteiger partial charge in [0.1, 0.15) is 12.4 Å². The molecule has 27 heavy (non-hydrogen) atoms.